The van der Waals surface area contributed by atoms with E-state index in [-0.39, 0.29) is 12.1 Å². The van der Waals surface area contributed by atoms with Crippen molar-refractivity contribution in [3.8, 4) is 0 Å². The van der Waals surface area contributed by atoms with E-state index in [1.165, 1.54) is 0 Å². The highest BCUT2D eigenvalue weighted by molar-refractivity contribution is 5.63. The van der Waals surface area contributed by atoms with Crippen molar-refractivity contribution in [2.75, 3.05) is 11.9 Å². The average molecular weight is 272 g/mol. The van der Waals surface area contributed by atoms with Crippen molar-refractivity contribution in [1.82, 2.24) is 0 Å². The average Bonchev–Trinajstić information content (AvgIpc) is 2.88. The first kappa shape index (κ1) is 13.7. The molecule has 7 heteroatoms. The first-order chi connectivity index (χ1) is 9.00. The molecule has 1 aromatic rings. The van der Waals surface area contributed by atoms with Crippen LogP contribution in [-0.2, 0) is 4.74 Å². The summed E-state index contributed by atoms with van der Waals surface area (Å²) in [6.07, 6.45) is 1.53. The lowest BCUT2D eigenvalue weighted by atomic mass is 10.1. The van der Waals surface area contributed by atoms with Crippen molar-refractivity contribution in [3.05, 3.63) is 33.9 Å². The lowest BCUT2D eigenvalue weighted by Crippen LogP contribution is -2.30. The van der Waals surface area contributed by atoms with Crippen LogP contribution in [0.15, 0.2) is 12.1 Å². The fourth-order valence-corrected chi connectivity index (χ4v) is 2.15. The van der Waals surface area contributed by atoms with Gasteiger partial charge in [0.15, 0.2) is 17.3 Å². The summed E-state index contributed by atoms with van der Waals surface area (Å²) in [6, 6.07) is 1.36. The standard InChI is InChI=1S/C12H14F2N2O3/c1-7(10-3-2-6-19-10)15-12-9(16(17)18)5-4-8(13)11(12)14/h4-5,7,10,15H,2-3,6H2,1H3. The molecule has 1 fully saturated rings. The Kier molecular flexibility index (Phi) is 3.94. The number of nitro benzene ring substituents is 1. The number of benzene rings is 1. The van der Waals surface area contributed by atoms with Gasteiger partial charge in [-0.3, -0.25) is 10.1 Å². The van der Waals surface area contributed by atoms with Gasteiger partial charge in [-0.2, -0.15) is 0 Å². The number of rotatable bonds is 4. The molecule has 1 N–H and O–H groups in total. The van der Waals surface area contributed by atoms with Gasteiger partial charge >= 0.3 is 0 Å². The van der Waals surface area contributed by atoms with Crippen LogP contribution in [0.5, 0.6) is 0 Å². The van der Waals surface area contributed by atoms with E-state index in [4.69, 9.17) is 4.74 Å². The number of anilines is 1. The van der Waals surface area contributed by atoms with Gasteiger partial charge in [0.1, 0.15) is 0 Å². The van der Waals surface area contributed by atoms with E-state index in [0.717, 1.165) is 25.0 Å². The minimum Gasteiger partial charge on any atom is -0.376 e. The number of nitrogens with zero attached hydrogens (tertiary/aromatic N) is 1. The van der Waals surface area contributed by atoms with Gasteiger partial charge < -0.3 is 10.1 Å². The SMILES string of the molecule is CC(Nc1c([N+](=O)[O-])ccc(F)c1F)C1CCCO1. The van der Waals surface area contributed by atoms with Crippen LogP contribution in [0.25, 0.3) is 0 Å². The molecule has 1 saturated heterocycles. The fraction of sp³-hybridized carbons (Fsp3) is 0.500. The maximum Gasteiger partial charge on any atom is 0.295 e. The molecule has 0 bridgehead atoms. The summed E-state index contributed by atoms with van der Waals surface area (Å²) in [7, 11) is 0. The molecule has 1 heterocycles. The Morgan fingerprint density at radius 3 is 2.84 bits per heavy atom. The maximum atomic E-state index is 13.7. The largest absolute Gasteiger partial charge is 0.376 e. The predicted molar refractivity (Wildman–Crippen MR) is 65.1 cm³/mol. The molecule has 0 aliphatic carbocycles. The van der Waals surface area contributed by atoms with Crippen LogP contribution in [0.4, 0.5) is 20.2 Å². The summed E-state index contributed by atoms with van der Waals surface area (Å²) in [4.78, 5) is 10.1. The molecule has 104 valence electrons. The second kappa shape index (κ2) is 5.48. The third-order valence-corrected chi connectivity index (χ3v) is 3.16. The fourth-order valence-electron chi connectivity index (χ4n) is 2.15. The van der Waals surface area contributed by atoms with Gasteiger partial charge in [0.05, 0.1) is 11.0 Å². The van der Waals surface area contributed by atoms with Gasteiger partial charge in [-0.25, -0.2) is 8.78 Å². The van der Waals surface area contributed by atoms with Crippen LogP contribution < -0.4 is 5.32 Å². The minimum atomic E-state index is -1.24. The molecule has 1 aromatic carbocycles. The molecule has 1 aliphatic heterocycles. The molecule has 2 unspecified atom stereocenters. The lowest BCUT2D eigenvalue weighted by Gasteiger charge is -2.21. The van der Waals surface area contributed by atoms with Gasteiger partial charge in [-0.1, -0.05) is 0 Å². The molecule has 0 aromatic heterocycles. The first-order valence-electron chi connectivity index (χ1n) is 6.01. The monoisotopic (exact) mass is 272 g/mol. The minimum absolute atomic E-state index is 0.151. The molecule has 0 spiro atoms. The third kappa shape index (κ3) is 2.81. The van der Waals surface area contributed by atoms with Crippen molar-refractivity contribution >= 4 is 11.4 Å². The third-order valence-electron chi connectivity index (χ3n) is 3.16. The van der Waals surface area contributed by atoms with Crippen LogP contribution in [0.1, 0.15) is 19.8 Å². The summed E-state index contributed by atoms with van der Waals surface area (Å²) in [5.41, 5.74) is -0.906. The summed E-state index contributed by atoms with van der Waals surface area (Å²) in [5.74, 6) is -2.35. The van der Waals surface area contributed by atoms with Crippen molar-refractivity contribution < 1.29 is 18.4 Å². The Bertz CT molecular complexity index is 490. The lowest BCUT2D eigenvalue weighted by molar-refractivity contribution is -0.384. The van der Waals surface area contributed by atoms with Crippen LogP contribution in [0, 0.1) is 21.7 Å². The highest BCUT2D eigenvalue weighted by atomic mass is 19.2. The molecule has 19 heavy (non-hydrogen) atoms. The molecule has 2 atom stereocenters. The van der Waals surface area contributed by atoms with Crippen molar-refractivity contribution in [3.63, 3.8) is 0 Å². The zero-order valence-electron chi connectivity index (χ0n) is 10.4. The van der Waals surface area contributed by atoms with Gasteiger partial charge in [0.25, 0.3) is 5.69 Å². The summed E-state index contributed by atoms with van der Waals surface area (Å²) >= 11 is 0. The quantitative estimate of drug-likeness (QED) is 0.676. The van der Waals surface area contributed by atoms with E-state index in [9.17, 15) is 18.9 Å². The Labute approximate surface area is 108 Å². The summed E-state index contributed by atoms with van der Waals surface area (Å²) < 4.78 is 32.3. The van der Waals surface area contributed by atoms with Crippen molar-refractivity contribution in [1.29, 1.82) is 0 Å². The Morgan fingerprint density at radius 1 is 1.53 bits per heavy atom. The van der Waals surface area contributed by atoms with Crippen molar-refractivity contribution in [2.45, 2.75) is 31.9 Å². The second-order valence-electron chi connectivity index (χ2n) is 4.50. The Balaban J connectivity index is 2.27. The van der Waals surface area contributed by atoms with E-state index in [1.807, 2.05) is 0 Å². The Morgan fingerprint density at radius 2 is 2.26 bits per heavy atom. The molecule has 1 aliphatic rings. The van der Waals surface area contributed by atoms with Crippen LogP contribution >= 0.6 is 0 Å². The van der Waals surface area contributed by atoms with Gasteiger partial charge in [-0.05, 0) is 25.8 Å². The van der Waals surface area contributed by atoms with Crippen molar-refractivity contribution in [2.24, 2.45) is 0 Å². The molecular formula is C12H14F2N2O3. The number of nitrogens with one attached hydrogen (secondary N) is 1. The second-order valence-corrected chi connectivity index (χ2v) is 4.50. The number of ether oxygens (including phenoxy) is 1. The smallest absolute Gasteiger partial charge is 0.295 e. The summed E-state index contributed by atoms with van der Waals surface area (Å²) in [5, 5.41) is 13.5. The van der Waals surface area contributed by atoms with E-state index in [2.05, 4.69) is 5.32 Å². The van der Waals surface area contributed by atoms with Gasteiger partial charge in [0, 0.05) is 18.7 Å². The number of hydrogen-bond donors (Lipinski definition) is 1. The highest BCUT2D eigenvalue weighted by Gasteiger charge is 2.27. The zero-order chi connectivity index (χ0) is 14.0. The normalized spacial score (nSPS) is 20.3. The molecule has 0 saturated carbocycles. The Hall–Kier alpha value is -1.76. The molecule has 2 rings (SSSR count). The number of nitro groups is 1. The van der Waals surface area contributed by atoms with E-state index in [0.29, 0.717) is 6.61 Å². The molecule has 0 amide bonds. The number of hydrogen-bond acceptors (Lipinski definition) is 4. The van der Waals surface area contributed by atoms with E-state index >= 15 is 0 Å². The predicted octanol–water partition coefficient (Wildman–Crippen LogP) is 2.85. The maximum absolute atomic E-state index is 13.7. The molecular weight excluding hydrogens is 258 g/mol. The topological polar surface area (TPSA) is 64.4 Å². The first-order valence-corrected chi connectivity index (χ1v) is 6.01. The van der Waals surface area contributed by atoms with E-state index < -0.39 is 27.9 Å². The molecule has 5 nitrogen and oxygen atoms in total. The van der Waals surface area contributed by atoms with Gasteiger partial charge in [-0.15, -0.1) is 0 Å². The van der Waals surface area contributed by atoms with Crippen LogP contribution in [0.3, 0.4) is 0 Å². The zero-order valence-corrected chi connectivity index (χ0v) is 10.4. The van der Waals surface area contributed by atoms with E-state index in [1.54, 1.807) is 6.92 Å². The highest BCUT2D eigenvalue weighted by Crippen LogP contribution is 2.31. The number of halogens is 2. The van der Waals surface area contributed by atoms with Crippen LogP contribution in [-0.4, -0.2) is 23.7 Å². The molecule has 0 radical (unpaired) electrons. The summed E-state index contributed by atoms with van der Waals surface area (Å²) in [6.45, 7) is 2.34. The van der Waals surface area contributed by atoms with Gasteiger partial charge in [0.2, 0.25) is 0 Å². The van der Waals surface area contributed by atoms with Crippen LogP contribution in [0.2, 0.25) is 0 Å².